The van der Waals surface area contributed by atoms with Crippen LogP contribution in [0.5, 0.6) is 5.75 Å². The van der Waals surface area contributed by atoms with Crippen molar-refractivity contribution in [2.75, 3.05) is 40.4 Å². The molecule has 206 valence electrons. The molecule has 0 aliphatic carbocycles. The Bertz CT molecular complexity index is 1150. The summed E-state index contributed by atoms with van der Waals surface area (Å²) in [7, 11) is 3.19. The second kappa shape index (κ2) is 12.4. The van der Waals surface area contributed by atoms with E-state index in [9.17, 15) is 9.90 Å². The predicted molar refractivity (Wildman–Crippen MR) is 144 cm³/mol. The fourth-order valence-corrected chi connectivity index (χ4v) is 4.91. The molecule has 3 N–H and O–H groups in total. The molecule has 0 spiro atoms. The van der Waals surface area contributed by atoms with Gasteiger partial charge in [0.25, 0.3) is 0 Å². The first-order valence-corrected chi connectivity index (χ1v) is 13.0. The summed E-state index contributed by atoms with van der Waals surface area (Å²) in [5.74, 6) is 2.87. The van der Waals surface area contributed by atoms with Gasteiger partial charge < -0.3 is 34.6 Å². The normalized spacial score (nSPS) is 22.1. The first kappa shape index (κ1) is 27.6. The van der Waals surface area contributed by atoms with Gasteiger partial charge in [0.15, 0.2) is 0 Å². The summed E-state index contributed by atoms with van der Waals surface area (Å²) in [5.41, 5.74) is 2.63. The summed E-state index contributed by atoms with van der Waals surface area (Å²) in [6.45, 7) is 7.78. The Balaban J connectivity index is 1.61. The highest BCUT2D eigenvalue weighted by atomic mass is 16.5. The van der Waals surface area contributed by atoms with Crippen LogP contribution < -0.4 is 15.4 Å². The summed E-state index contributed by atoms with van der Waals surface area (Å²) in [6.07, 6.45) is 0.609. The summed E-state index contributed by atoms with van der Waals surface area (Å²) in [4.78, 5) is 23.8. The van der Waals surface area contributed by atoms with Crippen molar-refractivity contribution in [3.8, 4) is 5.75 Å². The van der Waals surface area contributed by atoms with Gasteiger partial charge in [-0.05, 0) is 45.9 Å². The van der Waals surface area contributed by atoms with Crippen LogP contribution in [0.3, 0.4) is 0 Å². The molecule has 4 rings (SSSR count). The topological polar surface area (TPSA) is 134 Å². The number of aliphatic hydroxyl groups excluding tert-OH is 1. The van der Waals surface area contributed by atoms with Gasteiger partial charge in [-0.3, -0.25) is 9.98 Å². The Labute approximate surface area is 223 Å². The van der Waals surface area contributed by atoms with Crippen molar-refractivity contribution in [2.45, 2.75) is 51.8 Å². The predicted octanol–water partition coefficient (Wildman–Crippen LogP) is 2.61. The van der Waals surface area contributed by atoms with E-state index in [2.05, 4.69) is 22.7 Å². The number of likely N-dealkylation sites (N-methyl/N-ethyl adjacent to an activating group) is 1. The van der Waals surface area contributed by atoms with Crippen LogP contribution in [0.25, 0.3) is 0 Å². The molecule has 3 unspecified atom stereocenters. The van der Waals surface area contributed by atoms with Crippen LogP contribution in [0.15, 0.2) is 38.8 Å². The lowest BCUT2D eigenvalue weighted by Gasteiger charge is -2.33. The number of aliphatic hydroxyl groups is 1. The molecule has 2 aliphatic rings. The maximum atomic E-state index is 11.9. The second-order valence-electron chi connectivity index (χ2n) is 9.83. The average Bonchev–Trinajstić information content (AvgIpc) is 3.26. The fraction of sp³-hybridized carbons (Fsp3) is 0.556. The van der Waals surface area contributed by atoms with Gasteiger partial charge in [0.05, 0.1) is 24.9 Å². The number of aliphatic imine (C=N–C) groups is 2. The molecular formula is C27H38N6O5. The molecule has 38 heavy (non-hydrogen) atoms. The van der Waals surface area contributed by atoms with Gasteiger partial charge in [-0.1, -0.05) is 24.2 Å². The molecule has 3 heterocycles. The molecule has 0 saturated carbocycles. The van der Waals surface area contributed by atoms with Gasteiger partial charge in [-0.25, -0.2) is 4.79 Å². The molecule has 1 fully saturated rings. The second-order valence-corrected chi connectivity index (χ2v) is 9.83. The maximum absolute atomic E-state index is 11.9. The van der Waals surface area contributed by atoms with Gasteiger partial charge in [-0.2, -0.15) is 0 Å². The molecule has 2 aromatic rings. The Morgan fingerprint density at radius 2 is 2.11 bits per heavy atom. The summed E-state index contributed by atoms with van der Waals surface area (Å²) in [5, 5.41) is 20.6. The number of aromatic nitrogens is 1. The molecule has 0 bridgehead atoms. The minimum absolute atomic E-state index is 0.0367. The zero-order valence-electron chi connectivity index (χ0n) is 22.7. The molecule has 11 heteroatoms. The molecule has 2 aliphatic heterocycles. The minimum Gasteiger partial charge on any atom is -0.491 e. The number of rotatable bonds is 8. The Morgan fingerprint density at radius 1 is 1.34 bits per heavy atom. The van der Waals surface area contributed by atoms with E-state index in [1.807, 2.05) is 38.1 Å². The van der Waals surface area contributed by atoms with Crippen LogP contribution in [0.2, 0.25) is 0 Å². The molecule has 1 amide bonds. The van der Waals surface area contributed by atoms with E-state index >= 15 is 0 Å². The SMILES string of the molecule is CNCC(O)COc1cccc(C2=NC(c3c(C)noc3C)C(C)C(=NC3CCN(C(=O)OC)CC3)N2)c1. The van der Waals surface area contributed by atoms with E-state index in [1.165, 1.54) is 7.11 Å². The number of amides is 1. The number of methoxy groups -OCH3 is 1. The van der Waals surface area contributed by atoms with Gasteiger partial charge in [0.2, 0.25) is 0 Å². The van der Waals surface area contributed by atoms with Crippen molar-refractivity contribution in [3.63, 3.8) is 0 Å². The molecule has 1 aromatic carbocycles. The molecule has 0 radical (unpaired) electrons. The largest absolute Gasteiger partial charge is 0.491 e. The van der Waals surface area contributed by atoms with Crippen LogP contribution in [-0.2, 0) is 4.74 Å². The first-order chi connectivity index (χ1) is 18.3. The van der Waals surface area contributed by atoms with E-state index in [1.54, 1.807) is 11.9 Å². The van der Waals surface area contributed by atoms with Crippen LogP contribution in [0.4, 0.5) is 4.79 Å². The Hall–Kier alpha value is -3.44. The van der Waals surface area contributed by atoms with E-state index in [0.717, 1.165) is 41.3 Å². The number of ether oxygens (including phenoxy) is 2. The van der Waals surface area contributed by atoms with E-state index in [0.29, 0.717) is 31.2 Å². The number of nitrogens with one attached hydrogen (secondary N) is 2. The van der Waals surface area contributed by atoms with Crippen molar-refractivity contribution in [2.24, 2.45) is 15.9 Å². The van der Waals surface area contributed by atoms with Crippen molar-refractivity contribution < 1.29 is 23.9 Å². The van der Waals surface area contributed by atoms with Gasteiger partial charge in [0, 0.05) is 36.7 Å². The lowest BCUT2D eigenvalue weighted by atomic mass is 9.90. The fourth-order valence-electron chi connectivity index (χ4n) is 4.91. The molecule has 3 atom stereocenters. The van der Waals surface area contributed by atoms with Crippen LogP contribution in [-0.4, -0.2) is 85.5 Å². The Kier molecular flexibility index (Phi) is 9.01. The number of piperidine rings is 1. The molecule has 1 aromatic heterocycles. The number of aryl methyl sites for hydroxylation is 2. The third-order valence-electron chi connectivity index (χ3n) is 7.01. The van der Waals surface area contributed by atoms with E-state index < -0.39 is 6.10 Å². The highest BCUT2D eigenvalue weighted by molar-refractivity contribution is 6.12. The van der Waals surface area contributed by atoms with Crippen LogP contribution in [0.1, 0.15) is 48.4 Å². The van der Waals surface area contributed by atoms with Crippen LogP contribution >= 0.6 is 0 Å². The highest BCUT2D eigenvalue weighted by Crippen LogP contribution is 2.35. The molecule has 11 nitrogen and oxygen atoms in total. The van der Waals surface area contributed by atoms with Crippen molar-refractivity contribution in [1.82, 2.24) is 20.7 Å². The van der Waals surface area contributed by atoms with Gasteiger partial charge in [-0.15, -0.1) is 0 Å². The smallest absolute Gasteiger partial charge is 0.409 e. The monoisotopic (exact) mass is 526 g/mol. The number of hydrogen-bond acceptors (Lipinski definition) is 9. The number of benzene rings is 1. The molecule has 1 saturated heterocycles. The summed E-state index contributed by atoms with van der Waals surface area (Å²) < 4.78 is 16.2. The number of carbonyl (C=O) groups is 1. The lowest BCUT2D eigenvalue weighted by molar-refractivity contribution is 0.108. The van der Waals surface area contributed by atoms with E-state index in [4.69, 9.17) is 24.0 Å². The standard InChI is InChI=1S/C27H38N6O5/c1-16-24(23-17(2)32-38-18(23)3)30-26(19-7-6-8-22(13-19)37-15-21(34)14-28-4)31-25(16)29-20-9-11-33(12-10-20)27(35)36-5/h6-8,13,16,20-21,24,28,34H,9-12,14-15H2,1-5H3,(H,29,30,31). The number of nitrogens with zero attached hydrogens (tertiary/aromatic N) is 4. The number of carbonyl (C=O) groups excluding carboxylic acids is 1. The zero-order valence-corrected chi connectivity index (χ0v) is 22.7. The summed E-state index contributed by atoms with van der Waals surface area (Å²) >= 11 is 0. The average molecular weight is 527 g/mol. The van der Waals surface area contributed by atoms with Crippen molar-refractivity contribution >= 4 is 17.8 Å². The third kappa shape index (κ3) is 6.33. The molecular weight excluding hydrogens is 488 g/mol. The van der Waals surface area contributed by atoms with Crippen LogP contribution in [0, 0.1) is 19.8 Å². The minimum atomic E-state index is -0.608. The number of hydrogen-bond donors (Lipinski definition) is 3. The maximum Gasteiger partial charge on any atom is 0.409 e. The highest BCUT2D eigenvalue weighted by Gasteiger charge is 2.34. The van der Waals surface area contributed by atoms with Crippen molar-refractivity contribution in [1.29, 1.82) is 0 Å². The van der Waals surface area contributed by atoms with E-state index in [-0.39, 0.29) is 30.7 Å². The quantitative estimate of drug-likeness (QED) is 0.478. The first-order valence-electron chi connectivity index (χ1n) is 13.0. The van der Waals surface area contributed by atoms with Crippen molar-refractivity contribution in [3.05, 3.63) is 46.8 Å². The zero-order chi connectivity index (χ0) is 27.2. The van der Waals surface area contributed by atoms with Gasteiger partial charge >= 0.3 is 6.09 Å². The number of amidine groups is 2. The number of likely N-dealkylation sites (tertiary alicyclic amines) is 1. The van der Waals surface area contributed by atoms with Gasteiger partial charge in [0.1, 0.15) is 35.9 Å². The lowest BCUT2D eigenvalue weighted by Crippen LogP contribution is -2.45. The summed E-state index contributed by atoms with van der Waals surface area (Å²) in [6, 6.07) is 7.49. The Morgan fingerprint density at radius 3 is 2.76 bits per heavy atom. The third-order valence-corrected chi connectivity index (χ3v) is 7.01.